The van der Waals surface area contributed by atoms with Crippen molar-refractivity contribution in [2.75, 3.05) is 13.2 Å². The van der Waals surface area contributed by atoms with E-state index in [0.717, 1.165) is 38.5 Å². The van der Waals surface area contributed by atoms with E-state index < -0.39 is 0 Å². The smallest absolute Gasteiger partial charge is 0.333 e. The van der Waals surface area contributed by atoms with Crippen LogP contribution in [-0.4, -0.2) is 25.2 Å². The molecule has 2 unspecified atom stereocenters. The zero-order valence-electron chi connectivity index (χ0n) is 23.6. The fourth-order valence-corrected chi connectivity index (χ4v) is 6.96. The summed E-state index contributed by atoms with van der Waals surface area (Å²) in [4.78, 5) is 24.2. The lowest BCUT2D eigenvalue weighted by atomic mass is 9.65. The summed E-state index contributed by atoms with van der Waals surface area (Å²) in [5.74, 6) is -0.673. The van der Waals surface area contributed by atoms with Crippen molar-refractivity contribution in [3.8, 4) is 0 Å². The van der Waals surface area contributed by atoms with Crippen LogP contribution in [-0.2, 0) is 42.7 Å². The van der Waals surface area contributed by atoms with Crippen LogP contribution in [0.5, 0.6) is 0 Å². The minimum atomic E-state index is -0.336. The molecule has 3 aromatic rings. The Labute approximate surface area is 237 Å². The Morgan fingerprint density at radius 3 is 1.35 bits per heavy atom. The van der Waals surface area contributed by atoms with Crippen molar-refractivity contribution in [2.24, 2.45) is 0 Å². The van der Waals surface area contributed by atoms with Crippen LogP contribution in [0.2, 0.25) is 0 Å². The van der Waals surface area contributed by atoms with Crippen molar-refractivity contribution in [3.63, 3.8) is 0 Å². The van der Waals surface area contributed by atoms with E-state index in [-0.39, 0.29) is 22.8 Å². The van der Waals surface area contributed by atoms with Crippen molar-refractivity contribution in [2.45, 2.75) is 63.2 Å². The summed E-state index contributed by atoms with van der Waals surface area (Å²) in [6, 6.07) is 26.6. The molecule has 0 fully saturated rings. The van der Waals surface area contributed by atoms with Gasteiger partial charge in [0, 0.05) is 22.0 Å². The molecule has 3 aromatic carbocycles. The summed E-state index contributed by atoms with van der Waals surface area (Å²) in [6.45, 7) is 11.5. The Bertz CT molecular complexity index is 1360. The molecule has 0 saturated heterocycles. The van der Waals surface area contributed by atoms with Crippen molar-refractivity contribution in [1.82, 2.24) is 0 Å². The van der Waals surface area contributed by atoms with Gasteiger partial charge in [-0.25, -0.2) is 9.59 Å². The van der Waals surface area contributed by atoms with E-state index in [4.69, 9.17) is 9.47 Å². The lowest BCUT2D eigenvalue weighted by molar-refractivity contribution is -0.140. The number of hydrogen-bond donors (Lipinski definition) is 0. The van der Waals surface area contributed by atoms with Gasteiger partial charge in [-0.2, -0.15) is 0 Å². The monoisotopic (exact) mass is 534 g/mol. The number of rotatable bonds is 10. The highest BCUT2D eigenvalue weighted by Crippen LogP contribution is 2.56. The molecule has 0 heterocycles. The molecule has 5 rings (SSSR count). The fourth-order valence-electron chi connectivity index (χ4n) is 6.96. The van der Waals surface area contributed by atoms with Gasteiger partial charge < -0.3 is 9.47 Å². The summed E-state index contributed by atoms with van der Waals surface area (Å²) in [5, 5.41) is 0. The zero-order chi connectivity index (χ0) is 28.3. The first-order valence-corrected chi connectivity index (χ1v) is 14.2. The van der Waals surface area contributed by atoms with Crippen LogP contribution in [0.1, 0.15) is 72.9 Å². The standard InChI is InChI=1S/C36H38O4/c1-25(2)33(37)39-21-11-19-35-23-27-13-6-8-16-30(27)36(32-18-10-9-17-31(32)35,20-12-22-40-34(38)26(3)4)24-28-14-5-7-15-29(28)35/h5-10,13-18H,1,3,11-12,19-24H2,2,4H3. The van der Waals surface area contributed by atoms with E-state index in [9.17, 15) is 9.59 Å². The first-order valence-electron chi connectivity index (χ1n) is 14.2. The van der Waals surface area contributed by atoms with Crippen molar-refractivity contribution in [1.29, 1.82) is 0 Å². The average molecular weight is 535 g/mol. The maximum atomic E-state index is 12.1. The number of esters is 2. The number of fused-ring (bicyclic) bond motifs is 4. The van der Waals surface area contributed by atoms with Crippen molar-refractivity contribution < 1.29 is 19.1 Å². The summed E-state index contributed by atoms with van der Waals surface area (Å²) in [5.41, 5.74) is 8.45. The van der Waals surface area contributed by atoms with Gasteiger partial charge in [0.15, 0.2) is 0 Å². The van der Waals surface area contributed by atoms with E-state index >= 15 is 0 Å². The first kappa shape index (κ1) is 27.6. The highest BCUT2D eigenvalue weighted by molar-refractivity contribution is 5.87. The predicted molar refractivity (Wildman–Crippen MR) is 158 cm³/mol. The van der Waals surface area contributed by atoms with Crippen LogP contribution >= 0.6 is 0 Å². The number of carbonyl (C=O) groups excluding carboxylic acids is 2. The molecule has 0 amide bonds. The van der Waals surface area contributed by atoms with Gasteiger partial charge in [0.2, 0.25) is 0 Å². The predicted octanol–water partition coefficient (Wildman–Crippen LogP) is 7.17. The largest absolute Gasteiger partial charge is 0.462 e. The molecule has 40 heavy (non-hydrogen) atoms. The third kappa shape index (κ3) is 4.92. The van der Waals surface area contributed by atoms with Crippen LogP contribution in [0.15, 0.2) is 97.1 Å². The molecule has 2 atom stereocenters. The molecule has 0 saturated carbocycles. The molecule has 0 aliphatic heterocycles. The van der Waals surface area contributed by atoms with Crippen LogP contribution < -0.4 is 0 Å². The second-order valence-corrected chi connectivity index (χ2v) is 11.4. The molecule has 4 nitrogen and oxygen atoms in total. The molecule has 0 aromatic heterocycles. The average Bonchev–Trinajstić information content (AvgIpc) is 3.12. The lowest BCUT2D eigenvalue weighted by Gasteiger charge is -2.38. The summed E-state index contributed by atoms with van der Waals surface area (Å²) in [6.07, 6.45) is 4.94. The van der Waals surface area contributed by atoms with Crippen LogP contribution in [0, 0.1) is 0 Å². The van der Waals surface area contributed by atoms with Gasteiger partial charge >= 0.3 is 11.9 Å². The summed E-state index contributed by atoms with van der Waals surface area (Å²) >= 11 is 0. The van der Waals surface area contributed by atoms with Gasteiger partial charge in [0.1, 0.15) is 0 Å². The minimum Gasteiger partial charge on any atom is -0.462 e. The SMILES string of the molecule is C=C(C)C(=O)OCCCC12Cc3ccccc3C(CCCOC(=O)C(=C)C)(Cc3ccccc31)c1ccccc12. The Hall–Kier alpha value is -3.92. The molecular formula is C36H38O4. The van der Waals surface area contributed by atoms with Crippen molar-refractivity contribution in [3.05, 3.63) is 130 Å². The Morgan fingerprint density at radius 2 is 0.975 bits per heavy atom. The summed E-state index contributed by atoms with van der Waals surface area (Å²) in [7, 11) is 0. The van der Waals surface area contributed by atoms with Gasteiger partial charge in [-0.3, -0.25) is 0 Å². The zero-order valence-corrected chi connectivity index (χ0v) is 23.6. The fraction of sp³-hybridized carbons (Fsp3) is 0.333. The van der Waals surface area contributed by atoms with E-state index in [1.807, 2.05) is 0 Å². The molecule has 2 aliphatic rings. The van der Waals surface area contributed by atoms with Gasteiger partial charge in [-0.05, 0) is 85.8 Å². The quantitative estimate of drug-likeness (QED) is 0.157. The number of ether oxygens (including phenoxy) is 2. The van der Waals surface area contributed by atoms with E-state index in [0.29, 0.717) is 24.4 Å². The van der Waals surface area contributed by atoms with Crippen LogP contribution in [0.25, 0.3) is 0 Å². The number of hydrogen-bond acceptors (Lipinski definition) is 4. The highest BCUT2D eigenvalue weighted by Gasteiger charge is 2.50. The topological polar surface area (TPSA) is 52.6 Å². The van der Waals surface area contributed by atoms with Gasteiger partial charge in [-0.15, -0.1) is 0 Å². The molecular weight excluding hydrogens is 496 g/mol. The maximum absolute atomic E-state index is 12.1. The molecule has 0 radical (unpaired) electrons. The molecule has 2 bridgehead atoms. The highest BCUT2D eigenvalue weighted by atomic mass is 16.5. The Balaban J connectivity index is 1.62. The number of carbonyl (C=O) groups is 2. The number of benzene rings is 3. The maximum Gasteiger partial charge on any atom is 0.333 e. The first-order chi connectivity index (χ1) is 19.3. The summed E-state index contributed by atoms with van der Waals surface area (Å²) < 4.78 is 11.1. The van der Waals surface area contributed by atoms with Gasteiger partial charge in [-0.1, -0.05) is 86.0 Å². The van der Waals surface area contributed by atoms with E-state index in [1.165, 1.54) is 33.4 Å². The molecule has 0 N–H and O–H groups in total. The third-order valence-corrected chi connectivity index (χ3v) is 8.67. The normalized spacial score (nSPS) is 20.2. The van der Waals surface area contributed by atoms with Crippen molar-refractivity contribution >= 4 is 11.9 Å². The van der Waals surface area contributed by atoms with Crippen LogP contribution in [0.3, 0.4) is 0 Å². The van der Waals surface area contributed by atoms with E-state index in [1.54, 1.807) is 13.8 Å². The second-order valence-electron chi connectivity index (χ2n) is 11.4. The van der Waals surface area contributed by atoms with Gasteiger partial charge in [0.05, 0.1) is 13.2 Å². The lowest BCUT2D eigenvalue weighted by Crippen LogP contribution is -2.33. The molecule has 4 heteroatoms. The molecule has 0 spiro atoms. The second kappa shape index (κ2) is 11.3. The van der Waals surface area contributed by atoms with Gasteiger partial charge in [0.25, 0.3) is 0 Å². The van der Waals surface area contributed by atoms with Crippen LogP contribution in [0.4, 0.5) is 0 Å². The Morgan fingerprint density at radius 1 is 0.625 bits per heavy atom. The Kier molecular flexibility index (Phi) is 7.80. The van der Waals surface area contributed by atoms with E-state index in [2.05, 4.69) is 86.0 Å². The minimum absolute atomic E-state index is 0.260. The molecule has 2 aliphatic carbocycles. The molecule has 206 valence electrons. The third-order valence-electron chi connectivity index (χ3n) is 8.67.